The largest absolute Gasteiger partial charge is 0.355 e. The van der Waals surface area contributed by atoms with E-state index in [9.17, 15) is 4.79 Å². The zero-order chi connectivity index (χ0) is 20.7. The van der Waals surface area contributed by atoms with E-state index in [0.29, 0.717) is 5.96 Å². The van der Waals surface area contributed by atoms with Gasteiger partial charge in [0.1, 0.15) is 6.54 Å². The molecule has 5 nitrogen and oxygen atoms in total. The molecule has 2 aromatic carbocycles. The summed E-state index contributed by atoms with van der Waals surface area (Å²) in [6, 6.07) is 20.9. The smallest absolute Gasteiger partial charge is 0.243 e. The van der Waals surface area contributed by atoms with Crippen molar-refractivity contribution in [1.29, 1.82) is 0 Å². The molecular weight excluding hydrogens is 380 g/mol. The van der Waals surface area contributed by atoms with E-state index in [-0.39, 0.29) is 23.2 Å². The van der Waals surface area contributed by atoms with Crippen molar-refractivity contribution in [2.75, 3.05) is 27.2 Å². The van der Waals surface area contributed by atoms with E-state index in [1.165, 1.54) is 23.3 Å². The Hall–Kier alpha value is -2.47. The van der Waals surface area contributed by atoms with Crippen molar-refractivity contribution in [3.05, 3.63) is 66.2 Å². The number of nitrogens with one attached hydrogen (secondary N) is 2. The topological polar surface area (TPSA) is 56.7 Å². The van der Waals surface area contributed by atoms with Crippen molar-refractivity contribution in [2.24, 2.45) is 4.99 Å². The molecule has 0 aromatic heterocycles. The van der Waals surface area contributed by atoms with E-state index in [4.69, 9.17) is 0 Å². The quantitative estimate of drug-likeness (QED) is 0.515. The Bertz CT molecular complexity index is 819. The minimum Gasteiger partial charge on any atom is -0.355 e. The second-order valence-corrected chi connectivity index (χ2v) is 9.22. The van der Waals surface area contributed by atoms with Gasteiger partial charge in [0.05, 0.1) is 6.04 Å². The standard InChI is InChI=1S/C23H30N4OS/c1-18(19-10-6-4-7-11-19)26-22(24-16-21(28)27(2)3)25-17-23(14-15-23)29-20-12-8-5-9-13-20/h4-13,18H,14-17H2,1-3H3,(H2,24,25,26). The Balaban J connectivity index is 1.64. The molecule has 0 radical (unpaired) electrons. The van der Waals surface area contributed by atoms with E-state index < -0.39 is 0 Å². The first-order chi connectivity index (χ1) is 14.0. The molecule has 6 heteroatoms. The molecule has 0 aliphatic heterocycles. The van der Waals surface area contributed by atoms with Gasteiger partial charge in [-0.1, -0.05) is 48.5 Å². The Morgan fingerprint density at radius 2 is 1.72 bits per heavy atom. The van der Waals surface area contributed by atoms with Crippen LogP contribution in [-0.2, 0) is 4.79 Å². The molecule has 1 aliphatic rings. The fraction of sp³-hybridized carbons (Fsp3) is 0.391. The van der Waals surface area contributed by atoms with Crippen LogP contribution in [-0.4, -0.2) is 48.7 Å². The number of nitrogens with zero attached hydrogens (tertiary/aromatic N) is 2. The summed E-state index contributed by atoms with van der Waals surface area (Å²) in [6.45, 7) is 3.05. The number of carbonyl (C=O) groups is 1. The van der Waals surface area contributed by atoms with Crippen molar-refractivity contribution >= 4 is 23.6 Å². The molecule has 3 rings (SSSR count). The molecular formula is C23H30N4OS. The summed E-state index contributed by atoms with van der Waals surface area (Å²) in [4.78, 5) is 19.4. The number of likely N-dealkylation sites (N-methyl/N-ethyl adjacent to an activating group) is 1. The van der Waals surface area contributed by atoms with Crippen molar-refractivity contribution in [2.45, 2.75) is 35.4 Å². The summed E-state index contributed by atoms with van der Waals surface area (Å²) in [5.74, 6) is 0.662. The predicted octanol–water partition coefficient (Wildman–Crippen LogP) is 3.70. The van der Waals surface area contributed by atoms with Gasteiger partial charge in [-0.05, 0) is 37.5 Å². The Labute approximate surface area is 178 Å². The number of carbonyl (C=O) groups excluding carboxylic acids is 1. The maximum absolute atomic E-state index is 12.0. The molecule has 1 aliphatic carbocycles. The van der Waals surface area contributed by atoms with E-state index in [0.717, 1.165) is 6.54 Å². The van der Waals surface area contributed by atoms with Gasteiger partial charge < -0.3 is 15.5 Å². The maximum atomic E-state index is 12.0. The van der Waals surface area contributed by atoms with Crippen molar-refractivity contribution < 1.29 is 4.79 Å². The fourth-order valence-electron chi connectivity index (χ4n) is 2.91. The predicted molar refractivity (Wildman–Crippen MR) is 121 cm³/mol. The Kier molecular flexibility index (Phi) is 7.20. The van der Waals surface area contributed by atoms with Crippen molar-refractivity contribution in [3.8, 4) is 0 Å². The molecule has 0 spiro atoms. The lowest BCUT2D eigenvalue weighted by Gasteiger charge is -2.22. The minimum absolute atomic E-state index is 0.0155. The summed E-state index contributed by atoms with van der Waals surface area (Å²) >= 11 is 1.92. The molecule has 2 aromatic rings. The van der Waals surface area contributed by atoms with Crippen LogP contribution in [0.15, 0.2) is 70.6 Å². The second kappa shape index (κ2) is 9.83. The average Bonchev–Trinajstić information content (AvgIpc) is 3.50. The lowest BCUT2D eigenvalue weighted by Crippen LogP contribution is -2.43. The molecule has 0 saturated heterocycles. The first-order valence-electron chi connectivity index (χ1n) is 10.0. The van der Waals surface area contributed by atoms with Crippen LogP contribution < -0.4 is 10.6 Å². The number of aliphatic imine (C=N–C) groups is 1. The highest BCUT2D eigenvalue weighted by atomic mass is 32.2. The highest BCUT2D eigenvalue weighted by Gasteiger charge is 2.43. The van der Waals surface area contributed by atoms with Crippen LogP contribution in [0.5, 0.6) is 0 Å². The monoisotopic (exact) mass is 410 g/mol. The molecule has 0 heterocycles. The molecule has 1 unspecified atom stereocenters. The molecule has 0 bridgehead atoms. The summed E-state index contributed by atoms with van der Waals surface area (Å²) < 4.78 is 0.200. The summed E-state index contributed by atoms with van der Waals surface area (Å²) in [5, 5.41) is 6.94. The third-order valence-corrected chi connectivity index (χ3v) is 6.48. The number of amides is 1. The van der Waals surface area contributed by atoms with Crippen LogP contribution in [0.1, 0.15) is 31.4 Å². The number of thioether (sulfide) groups is 1. The molecule has 2 N–H and O–H groups in total. The van der Waals surface area contributed by atoms with E-state index in [1.54, 1.807) is 19.0 Å². The highest BCUT2D eigenvalue weighted by Crippen LogP contribution is 2.51. The molecule has 1 amide bonds. The minimum atomic E-state index is -0.0155. The first kappa shape index (κ1) is 21.2. The van der Waals surface area contributed by atoms with Gasteiger partial charge >= 0.3 is 0 Å². The van der Waals surface area contributed by atoms with Gasteiger partial charge in [0, 0.05) is 30.3 Å². The van der Waals surface area contributed by atoms with Gasteiger partial charge in [0.15, 0.2) is 5.96 Å². The molecule has 29 heavy (non-hydrogen) atoms. The second-order valence-electron chi connectivity index (χ2n) is 7.68. The van der Waals surface area contributed by atoms with Gasteiger partial charge in [-0.25, -0.2) is 4.99 Å². The van der Waals surface area contributed by atoms with Gasteiger partial charge in [0.25, 0.3) is 0 Å². The lowest BCUT2D eigenvalue weighted by molar-refractivity contribution is -0.127. The molecule has 154 valence electrons. The van der Waals surface area contributed by atoms with Gasteiger partial charge in [-0.15, -0.1) is 11.8 Å². The van der Waals surface area contributed by atoms with E-state index >= 15 is 0 Å². The van der Waals surface area contributed by atoms with E-state index in [2.05, 4.69) is 58.9 Å². The van der Waals surface area contributed by atoms with Crippen molar-refractivity contribution in [3.63, 3.8) is 0 Å². The van der Waals surface area contributed by atoms with Crippen LogP contribution in [0.4, 0.5) is 0 Å². The Morgan fingerprint density at radius 3 is 2.31 bits per heavy atom. The van der Waals surface area contributed by atoms with E-state index in [1.807, 2.05) is 36.0 Å². The number of guanidine groups is 1. The third-order valence-electron chi connectivity index (χ3n) is 4.99. The fourth-order valence-corrected chi connectivity index (χ4v) is 4.15. The molecule has 1 atom stereocenters. The average molecular weight is 411 g/mol. The first-order valence-corrected chi connectivity index (χ1v) is 10.8. The number of rotatable bonds is 8. The number of hydrogen-bond donors (Lipinski definition) is 2. The normalized spacial score (nSPS) is 16.0. The lowest BCUT2D eigenvalue weighted by atomic mass is 10.1. The van der Waals surface area contributed by atoms with Crippen LogP contribution in [0, 0.1) is 0 Å². The number of benzene rings is 2. The number of hydrogen-bond acceptors (Lipinski definition) is 3. The van der Waals surface area contributed by atoms with Crippen molar-refractivity contribution in [1.82, 2.24) is 15.5 Å². The third kappa shape index (κ3) is 6.53. The summed E-state index contributed by atoms with van der Waals surface area (Å²) in [6.07, 6.45) is 2.36. The molecule has 1 saturated carbocycles. The van der Waals surface area contributed by atoms with Crippen LogP contribution >= 0.6 is 11.8 Å². The van der Waals surface area contributed by atoms with Crippen LogP contribution in [0.25, 0.3) is 0 Å². The maximum Gasteiger partial charge on any atom is 0.243 e. The molecule has 1 fully saturated rings. The summed E-state index contributed by atoms with van der Waals surface area (Å²) in [5.41, 5.74) is 1.18. The Morgan fingerprint density at radius 1 is 1.10 bits per heavy atom. The zero-order valence-electron chi connectivity index (χ0n) is 17.4. The SMILES string of the molecule is CC(NC(=NCC(=O)N(C)C)NCC1(Sc2ccccc2)CC1)c1ccccc1. The van der Waals surface area contributed by atoms with Crippen LogP contribution in [0.3, 0.4) is 0 Å². The van der Waals surface area contributed by atoms with Gasteiger partial charge in [-0.2, -0.15) is 0 Å². The van der Waals surface area contributed by atoms with Gasteiger partial charge in [-0.3, -0.25) is 4.79 Å². The zero-order valence-corrected chi connectivity index (χ0v) is 18.2. The summed E-state index contributed by atoms with van der Waals surface area (Å²) in [7, 11) is 3.50. The highest BCUT2D eigenvalue weighted by molar-refractivity contribution is 8.01. The van der Waals surface area contributed by atoms with Crippen LogP contribution in [0.2, 0.25) is 0 Å². The van der Waals surface area contributed by atoms with Gasteiger partial charge in [0.2, 0.25) is 5.91 Å².